The van der Waals surface area contributed by atoms with Gasteiger partial charge in [0, 0.05) is 12.1 Å². The minimum absolute atomic E-state index is 0.0643. The van der Waals surface area contributed by atoms with Crippen LogP contribution in [0.4, 0.5) is 4.39 Å². The van der Waals surface area contributed by atoms with Crippen molar-refractivity contribution in [1.82, 2.24) is 5.32 Å². The Morgan fingerprint density at radius 3 is 2.05 bits per heavy atom. The summed E-state index contributed by atoms with van der Waals surface area (Å²) in [6, 6.07) is 14.4. The molecule has 0 saturated heterocycles. The number of hydrogen-bond acceptors (Lipinski definition) is 2. The maximum Gasteiger partial charge on any atom is 0.123 e. The number of halogens is 1. The van der Waals surface area contributed by atoms with Crippen LogP contribution < -0.4 is 5.32 Å². The Kier molecular flexibility index (Phi) is 4.53. The van der Waals surface area contributed by atoms with Gasteiger partial charge in [0.2, 0.25) is 0 Å². The molecule has 2 rings (SSSR count). The summed E-state index contributed by atoms with van der Waals surface area (Å²) < 4.78 is 13.0. The van der Waals surface area contributed by atoms with Crippen LogP contribution in [0.5, 0.6) is 0 Å². The van der Waals surface area contributed by atoms with E-state index in [9.17, 15) is 4.39 Å². The van der Waals surface area contributed by atoms with E-state index in [-0.39, 0.29) is 18.0 Å². The molecule has 2 N–H and O–H groups in total. The van der Waals surface area contributed by atoms with Crippen LogP contribution in [0.25, 0.3) is 0 Å². The topological polar surface area (TPSA) is 32.3 Å². The number of benzene rings is 2. The maximum atomic E-state index is 13.0. The SMILES string of the molecule is CC(C)(NCc1ccc(CO)cc1)c1ccc(F)cc1. The van der Waals surface area contributed by atoms with Crippen molar-refractivity contribution in [2.24, 2.45) is 0 Å². The van der Waals surface area contributed by atoms with Crippen LogP contribution in [0.1, 0.15) is 30.5 Å². The van der Waals surface area contributed by atoms with Crippen LogP contribution in [0.2, 0.25) is 0 Å². The summed E-state index contributed by atoms with van der Waals surface area (Å²) in [5.41, 5.74) is 2.87. The summed E-state index contributed by atoms with van der Waals surface area (Å²) in [6.45, 7) is 4.93. The first kappa shape index (κ1) is 14.7. The van der Waals surface area contributed by atoms with Crippen molar-refractivity contribution in [3.05, 3.63) is 71.0 Å². The van der Waals surface area contributed by atoms with Crippen molar-refractivity contribution < 1.29 is 9.50 Å². The molecule has 3 heteroatoms. The molecule has 0 amide bonds. The van der Waals surface area contributed by atoms with Crippen molar-refractivity contribution in [1.29, 1.82) is 0 Å². The van der Waals surface area contributed by atoms with Crippen molar-refractivity contribution in [3.8, 4) is 0 Å². The lowest BCUT2D eigenvalue weighted by Crippen LogP contribution is -2.35. The highest BCUT2D eigenvalue weighted by Crippen LogP contribution is 2.21. The van der Waals surface area contributed by atoms with Crippen LogP contribution in [-0.2, 0) is 18.7 Å². The van der Waals surface area contributed by atoms with Gasteiger partial charge in [0.05, 0.1) is 6.61 Å². The summed E-state index contributed by atoms with van der Waals surface area (Å²) in [4.78, 5) is 0. The second-order valence-corrected chi connectivity index (χ2v) is 5.46. The first-order valence-corrected chi connectivity index (χ1v) is 6.71. The molecule has 2 aromatic rings. The van der Waals surface area contributed by atoms with Crippen LogP contribution in [0.15, 0.2) is 48.5 Å². The van der Waals surface area contributed by atoms with Gasteiger partial charge >= 0.3 is 0 Å². The fraction of sp³-hybridized carbons (Fsp3) is 0.294. The lowest BCUT2D eigenvalue weighted by molar-refractivity contribution is 0.282. The molecule has 0 radical (unpaired) electrons. The number of nitrogens with one attached hydrogen (secondary N) is 1. The van der Waals surface area contributed by atoms with E-state index >= 15 is 0 Å². The van der Waals surface area contributed by atoms with E-state index in [4.69, 9.17) is 5.11 Å². The third-order valence-electron chi connectivity index (χ3n) is 3.51. The predicted octanol–water partition coefficient (Wildman–Crippen LogP) is 3.34. The molecule has 0 aliphatic rings. The predicted molar refractivity (Wildman–Crippen MR) is 78.6 cm³/mol. The van der Waals surface area contributed by atoms with Crippen molar-refractivity contribution in [2.45, 2.75) is 32.5 Å². The van der Waals surface area contributed by atoms with Crippen molar-refractivity contribution in [3.63, 3.8) is 0 Å². The summed E-state index contributed by atoms with van der Waals surface area (Å²) in [5, 5.41) is 12.5. The lowest BCUT2D eigenvalue weighted by Gasteiger charge is -2.27. The molecule has 20 heavy (non-hydrogen) atoms. The van der Waals surface area contributed by atoms with E-state index in [0.29, 0.717) is 0 Å². The summed E-state index contributed by atoms with van der Waals surface area (Å²) in [5.74, 6) is -0.218. The van der Waals surface area contributed by atoms with Crippen LogP contribution >= 0.6 is 0 Å². The smallest absolute Gasteiger partial charge is 0.123 e. The molecule has 0 heterocycles. The molecule has 0 unspecified atom stereocenters. The van der Waals surface area contributed by atoms with Crippen molar-refractivity contribution >= 4 is 0 Å². The first-order valence-electron chi connectivity index (χ1n) is 6.71. The molecule has 0 bridgehead atoms. The van der Waals surface area contributed by atoms with Gasteiger partial charge in [-0.15, -0.1) is 0 Å². The monoisotopic (exact) mass is 273 g/mol. The van der Waals surface area contributed by atoms with Gasteiger partial charge in [0.1, 0.15) is 5.82 Å². The number of aliphatic hydroxyl groups excluding tert-OH is 1. The zero-order chi connectivity index (χ0) is 14.6. The molecule has 106 valence electrons. The van der Waals surface area contributed by atoms with E-state index in [1.54, 1.807) is 12.1 Å². The molecule has 2 nitrogen and oxygen atoms in total. The number of aliphatic hydroxyl groups is 1. The minimum Gasteiger partial charge on any atom is -0.392 e. The third kappa shape index (κ3) is 3.65. The fourth-order valence-electron chi connectivity index (χ4n) is 2.05. The highest BCUT2D eigenvalue weighted by Gasteiger charge is 2.19. The maximum absolute atomic E-state index is 13.0. The second-order valence-electron chi connectivity index (χ2n) is 5.46. The molecular formula is C17H20FNO. The summed E-state index contributed by atoms with van der Waals surface area (Å²) in [6.07, 6.45) is 0. The Balaban J connectivity index is 2.02. The molecule has 0 spiro atoms. The Bertz CT molecular complexity index is 546. The van der Waals surface area contributed by atoms with Gasteiger partial charge in [-0.25, -0.2) is 4.39 Å². The Hall–Kier alpha value is -1.71. The molecule has 0 saturated carbocycles. The van der Waals surface area contributed by atoms with E-state index in [1.165, 1.54) is 12.1 Å². The quantitative estimate of drug-likeness (QED) is 0.875. The van der Waals surface area contributed by atoms with E-state index in [2.05, 4.69) is 19.2 Å². The normalized spacial score (nSPS) is 11.6. The highest BCUT2D eigenvalue weighted by molar-refractivity contribution is 5.25. The standard InChI is InChI=1S/C17H20FNO/c1-17(2,15-7-9-16(18)10-8-15)19-11-13-3-5-14(12-20)6-4-13/h3-10,19-20H,11-12H2,1-2H3. The van der Waals surface area contributed by atoms with Crippen LogP contribution in [0.3, 0.4) is 0 Å². The van der Waals surface area contributed by atoms with Gasteiger partial charge in [-0.2, -0.15) is 0 Å². The van der Waals surface area contributed by atoms with Gasteiger partial charge in [-0.1, -0.05) is 36.4 Å². The zero-order valence-corrected chi connectivity index (χ0v) is 11.9. The summed E-state index contributed by atoms with van der Waals surface area (Å²) >= 11 is 0. The lowest BCUT2D eigenvalue weighted by atomic mass is 9.94. The summed E-state index contributed by atoms with van der Waals surface area (Å²) in [7, 11) is 0. The fourth-order valence-corrected chi connectivity index (χ4v) is 2.05. The van der Waals surface area contributed by atoms with Gasteiger partial charge < -0.3 is 10.4 Å². The number of hydrogen-bond donors (Lipinski definition) is 2. The molecule has 0 aromatic heterocycles. The third-order valence-corrected chi connectivity index (χ3v) is 3.51. The molecule has 0 fully saturated rings. The van der Waals surface area contributed by atoms with Gasteiger partial charge in [0.25, 0.3) is 0 Å². The largest absolute Gasteiger partial charge is 0.392 e. The van der Waals surface area contributed by atoms with Crippen LogP contribution in [0, 0.1) is 5.82 Å². The molecule has 2 aromatic carbocycles. The van der Waals surface area contributed by atoms with Crippen molar-refractivity contribution in [2.75, 3.05) is 0 Å². The average Bonchev–Trinajstić information content (AvgIpc) is 2.46. The highest BCUT2D eigenvalue weighted by atomic mass is 19.1. The Labute approximate surface area is 119 Å². The van der Waals surface area contributed by atoms with Gasteiger partial charge in [-0.3, -0.25) is 0 Å². The minimum atomic E-state index is -0.233. The Morgan fingerprint density at radius 1 is 0.950 bits per heavy atom. The molecule has 0 aliphatic heterocycles. The molecule has 0 atom stereocenters. The van der Waals surface area contributed by atoms with E-state index in [0.717, 1.165) is 23.2 Å². The number of rotatable bonds is 5. The van der Waals surface area contributed by atoms with Gasteiger partial charge in [0.15, 0.2) is 0 Å². The molecular weight excluding hydrogens is 253 g/mol. The zero-order valence-electron chi connectivity index (χ0n) is 11.9. The average molecular weight is 273 g/mol. The van der Waals surface area contributed by atoms with E-state index in [1.807, 2.05) is 24.3 Å². The van der Waals surface area contributed by atoms with E-state index < -0.39 is 0 Å². The first-order chi connectivity index (χ1) is 9.51. The van der Waals surface area contributed by atoms with Crippen LogP contribution in [-0.4, -0.2) is 5.11 Å². The van der Waals surface area contributed by atoms with Gasteiger partial charge in [-0.05, 0) is 42.7 Å². The molecule has 0 aliphatic carbocycles. The second kappa shape index (κ2) is 6.16. The Morgan fingerprint density at radius 2 is 1.50 bits per heavy atom.